The maximum Gasteiger partial charge on any atom is 0.127 e. The molecule has 1 heterocycles. The summed E-state index contributed by atoms with van der Waals surface area (Å²) in [6.45, 7) is 7.08. The molecule has 0 saturated carbocycles. The van der Waals surface area contributed by atoms with Crippen LogP contribution in [-0.2, 0) is 13.0 Å². The van der Waals surface area contributed by atoms with Gasteiger partial charge in [0.1, 0.15) is 5.75 Å². The molecule has 0 aliphatic carbocycles. The van der Waals surface area contributed by atoms with Crippen LogP contribution in [0.15, 0.2) is 16.6 Å². The second kappa shape index (κ2) is 6.47. The average molecular weight is 347 g/mol. The van der Waals surface area contributed by atoms with Crippen LogP contribution in [0.1, 0.15) is 31.4 Å². The Morgan fingerprint density at radius 2 is 2.21 bits per heavy atom. The van der Waals surface area contributed by atoms with Crippen molar-refractivity contribution in [3.8, 4) is 5.75 Å². The van der Waals surface area contributed by atoms with E-state index in [1.807, 2.05) is 0 Å². The van der Waals surface area contributed by atoms with E-state index in [0.29, 0.717) is 5.88 Å². The number of alkyl halides is 1. The first-order valence-electron chi connectivity index (χ1n) is 6.73. The van der Waals surface area contributed by atoms with Gasteiger partial charge in [-0.15, -0.1) is 11.6 Å². The SMILES string of the molecule is CC(C)(CCCl)CNCc1cc(Br)cc2c1OCC2. The number of halogens is 2. The molecule has 0 fully saturated rings. The molecule has 106 valence electrons. The summed E-state index contributed by atoms with van der Waals surface area (Å²) in [5, 5.41) is 3.52. The molecule has 1 aliphatic heterocycles. The Morgan fingerprint density at radius 3 is 2.95 bits per heavy atom. The van der Waals surface area contributed by atoms with Gasteiger partial charge in [0.25, 0.3) is 0 Å². The van der Waals surface area contributed by atoms with Crippen LogP contribution in [0.5, 0.6) is 5.75 Å². The molecule has 1 N–H and O–H groups in total. The molecule has 0 spiro atoms. The van der Waals surface area contributed by atoms with Crippen molar-refractivity contribution >= 4 is 27.5 Å². The molecule has 1 aromatic rings. The first-order chi connectivity index (χ1) is 9.02. The van der Waals surface area contributed by atoms with Crippen LogP contribution >= 0.6 is 27.5 Å². The predicted octanol–water partition coefficient (Wildman–Crippen LogP) is 4.13. The molecule has 0 aromatic heterocycles. The van der Waals surface area contributed by atoms with Gasteiger partial charge >= 0.3 is 0 Å². The quantitative estimate of drug-likeness (QED) is 0.782. The van der Waals surface area contributed by atoms with E-state index in [-0.39, 0.29) is 5.41 Å². The van der Waals surface area contributed by atoms with Gasteiger partial charge in [0.15, 0.2) is 0 Å². The van der Waals surface area contributed by atoms with E-state index in [1.54, 1.807) is 0 Å². The summed E-state index contributed by atoms with van der Waals surface area (Å²) in [4.78, 5) is 0. The van der Waals surface area contributed by atoms with Crippen molar-refractivity contribution in [3.05, 3.63) is 27.7 Å². The monoisotopic (exact) mass is 345 g/mol. The number of rotatable bonds is 6. The van der Waals surface area contributed by atoms with Crippen LogP contribution in [0, 0.1) is 5.41 Å². The first-order valence-corrected chi connectivity index (χ1v) is 8.05. The van der Waals surface area contributed by atoms with Gasteiger partial charge in [0, 0.05) is 35.4 Å². The molecule has 0 radical (unpaired) electrons. The number of benzene rings is 1. The summed E-state index contributed by atoms with van der Waals surface area (Å²) in [5.41, 5.74) is 2.78. The van der Waals surface area contributed by atoms with Crippen molar-refractivity contribution in [2.24, 2.45) is 5.41 Å². The Labute approximate surface area is 129 Å². The number of hydrogen-bond donors (Lipinski definition) is 1. The molecule has 0 saturated heterocycles. The zero-order valence-corrected chi connectivity index (χ0v) is 13.9. The number of nitrogens with one attached hydrogen (secondary N) is 1. The van der Waals surface area contributed by atoms with Gasteiger partial charge in [-0.2, -0.15) is 0 Å². The van der Waals surface area contributed by atoms with Gasteiger partial charge in [-0.25, -0.2) is 0 Å². The van der Waals surface area contributed by atoms with Gasteiger partial charge in [0.05, 0.1) is 6.61 Å². The summed E-state index contributed by atoms with van der Waals surface area (Å²) in [6.07, 6.45) is 2.04. The van der Waals surface area contributed by atoms with Crippen LogP contribution in [-0.4, -0.2) is 19.0 Å². The third-order valence-electron chi connectivity index (χ3n) is 3.52. The van der Waals surface area contributed by atoms with Gasteiger partial charge < -0.3 is 10.1 Å². The largest absolute Gasteiger partial charge is 0.493 e. The van der Waals surface area contributed by atoms with E-state index < -0.39 is 0 Å². The highest BCUT2D eigenvalue weighted by Crippen LogP contribution is 2.33. The number of ether oxygens (including phenoxy) is 1. The molecule has 0 unspecified atom stereocenters. The van der Waals surface area contributed by atoms with E-state index in [4.69, 9.17) is 16.3 Å². The highest BCUT2D eigenvalue weighted by molar-refractivity contribution is 9.10. The van der Waals surface area contributed by atoms with Crippen LogP contribution in [0.25, 0.3) is 0 Å². The summed E-state index contributed by atoms with van der Waals surface area (Å²) in [7, 11) is 0. The van der Waals surface area contributed by atoms with Crippen LogP contribution in [0.2, 0.25) is 0 Å². The third-order valence-corrected chi connectivity index (χ3v) is 4.16. The van der Waals surface area contributed by atoms with Gasteiger partial charge in [-0.1, -0.05) is 29.8 Å². The van der Waals surface area contributed by atoms with Crippen LogP contribution in [0.3, 0.4) is 0 Å². The molecule has 1 aliphatic rings. The molecule has 1 aromatic carbocycles. The second-order valence-corrected chi connectivity index (χ2v) is 7.15. The lowest BCUT2D eigenvalue weighted by molar-refractivity contribution is 0.325. The standard InChI is InChI=1S/C15H21BrClNO/c1-15(2,4-5-17)10-18-9-12-8-13(16)7-11-3-6-19-14(11)12/h7-8,18H,3-6,9-10H2,1-2H3. The molecule has 4 heteroatoms. The summed E-state index contributed by atoms with van der Waals surface area (Å²) < 4.78 is 6.87. The normalized spacial score (nSPS) is 14.3. The van der Waals surface area contributed by atoms with Crippen molar-refractivity contribution in [1.82, 2.24) is 5.32 Å². The fraction of sp³-hybridized carbons (Fsp3) is 0.600. The lowest BCUT2D eigenvalue weighted by atomic mass is 9.90. The highest BCUT2D eigenvalue weighted by atomic mass is 79.9. The lowest BCUT2D eigenvalue weighted by Crippen LogP contribution is -2.29. The van der Waals surface area contributed by atoms with Gasteiger partial charge in [-0.3, -0.25) is 0 Å². The second-order valence-electron chi connectivity index (χ2n) is 5.86. The van der Waals surface area contributed by atoms with Crippen molar-refractivity contribution in [3.63, 3.8) is 0 Å². The van der Waals surface area contributed by atoms with E-state index in [1.165, 1.54) is 11.1 Å². The number of hydrogen-bond acceptors (Lipinski definition) is 2. The summed E-state index contributed by atoms with van der Waals surface area (Å²) in [6, 6.07) is 4.30. The fourth-order valence-electron chi connectivity index (χ4n) is 2.36. The van der Waals surface area contributed by atoms with E-state index >= 15 is 0 Å². The maximum atomic E-state index is 5.83. The Bertz CT molecular complexity index is 448. The lowest BCUT2D eigenvalue weighted by Gasteiger charge is -2.24. The molecule has 2 nitrogen and oxygen atoms in total. The zero-order chi connectivity index (χ0) is 13.9. The van der Waals surface area contributed by atoms with Crippen molar-refractivity contribution in [1.29, 1.82) is 0 Å². The van der Waals surface area contributed by atoms with Crippen molar-refractivity contribution < 1.29 is 4.74 Å². The van der Waals surface area contributed by atoms with Crippen molar-refractivity contribution in [2.45, 2.75) is 33.2 Å². The Morgan fingerprint density at radius 1 is 1.42 bits per heavy atom. The van der Waals surface area contributed by atoms with Crippen molar-refractivity contribution in [2.75, 3.05) is 19.0 Å². The zero-order valence-electron chi connectivity index (χ0n) is 11.6. The minimum Gasteiger partial charge on any atom is -0.493 e. The highest BCUT2D eigenvalue weighted by Gasteiger charge is 2.19. The Hall–Kier alpha value is -0.250. The molecule has 2 rings (SSSR count). The average Bonchev–Trinajstić information content (AvgIpc) is 2.76. The van der Waals surface area contributed by atoms with Gasteiger partial charge in [-0.05, 0) is 29.5 Å². The smallest absolute Gasteiger partial charge is 0.127 e. The Kier molecular flexibility index (Phi) is 5.15. The van der Waals surface area contributed by atoms with Crippen LogP contribution < -0.4 is 10.1 Å². The maximum absolute atomic E-state index is 5.83. The fourth-order valence-corrected chi connectivity index (χ4v) is 3.42. The number of fused-ring (bicyclic) bond motifs is 1. The summed E-state index contributed by atoms with van der Waals surface area (Å²) in [5.74, 6) is 1.79. The summed E-state index contributed by atoms with van der Waals surface area (Å²) >= 11 is 9.40. The molecular formula is C15H21BrClNO. The van der Waals surface area contributed by atoms with Crippen LogP contribution in [0.4, 0.5) is 0 Å². The van der Waals surface area contributed by atoms with E-state index in [9.17, 15) is 0 Å². The molecule has 19 heavy (non-hydrogen) atoms. The van der Waals surface area contributed by atoms with E-state index in [2.05, 4.69) is 47.2 Å². The molecular weight excluding hydrogens is 326 g/mol. The molecule has 0 atom stereocenters. The third kappa shape index (κ3) is 4.11. The topological polar surface area (TPSA) is 21.3 Å². The first kappa shape index (κ1) is 15.1. The van der Waals surface area contributed by atoms with E-state index in [0.717, 1.165) is 42.8 Å². The molecule has 0 bridgehead atoms. The molecule has 0 amide bonds. The Balaban J connectivity index is 1.97. The predicted molar refractivity (Wildman–Crippen MR) is 84.2 cm³/mol. The van der Waals surface area contributed by atoms with Gasteiger partial charge in [0.2, 0.25) is 0 Å². The minimum atomic E-state index is 0.234. The minimum absolute atomic E-state index is 0.234.